The molecule has 7 heteroatoms. The summed E-state index contributed by atoms with van der Waals surface area (Å²) in [4.78, 5) is 12.7. The van der Waals surface area contributed by atoms with Crippen molar-refractivity contribution in [2.75, 3.05) is 19.5 Å². The van der Waals surface area contributed by atoms with Crippen molar-refractivity contribution in [2.24, 2.45) is 0 Å². The fraction of sp³-hybridized carbons (Fsp3) is 0.222. The Morgan fingerprint density at radius 3 is 2.56 bits per heavy atom. The number of carbonyl (C=O) groups is 1. The van der Waals surface area contributed by atoms with Crippen LogP contribution in [0, 0.1) is 0 Å². The normalized spacial score (nSPS) is 10.5. The first-order chi connectivity index (χ1) is 12.2. The lowest BCUT2D eigenvalue weighted by atomic mass is 10.1. The first-order valence-corrected chi connectivity index (χ1v) is 8.67. The smallest absolute Gasteiger partial charge is 0.266 e. The zero-order chi connectivity index (χ0) is 17.6. The molecule has 0 aliphatic carbocycles. The Labute approximate surface area is 149 Å². The van der Waals surface area contributed by atoms with E-state index in [0.717, 1.165) is 35.6 Å². The van der Waals surface area contributed by atoms with Crippen LogP contribution in [0.2, 0.25) is 0 Å². The number of rotatable bonds is 7. The van der Waals surface area contributed by atoms with Crippen LogP contribution in [-0.2, 0) is 12.8 Å². The van der Waals surface area contributed by atoms with Crippen molar-refractivity contribution in [1.29, 1.82) is 0 Å². The molecule has 0 saturated heterocycles. The second-order valence-corrected chi connectivity index (χ2v) is 6.38. The maximum atomic E-state index is 12.0. The van der Waals surface area contributed by atoms with Gasteiger partial charge in [0.05, 0.1) is 19.1 Å². The van der Waals surface area contributed by atoms with Gasteiger partial charge in [-0.1, -0.05) is 6.07 Å². The average Bonchev–Trinajstić information content (AvgIpc) is 3.31. The standard InChI is InChI=1S/C18H19N3O3S/c1-23-14-8-12(9-15(11-14)24-2)5-6-13-10-17(21-20-13)19-18(22)16-4-3-7-25-16/h3-4,7-11H,5-6H2,1-2H3,(H2,19,20,21,22). The van der Waals surface area contributed by atoms with Gasteiger partial charge >= 0.3 is 0 Å². The maximum absolute atomic E-state index is 12.0. The monoisotopic (exact) mass is 357 g/mol. The van der Waals surface area contributed by atoms with Gasteiger partial charge in [-0.25, -0.2) is 0 Å². The summed E-state index contributed by atoms with van der Waals surface area (Å²) in [5.74, 6) is 1.91. The molecular weight excluding hydrogens is 338 g/mol. The van der Waals surface area contributed by atoms with E-state index in [-0.39, 0.29) is 5.91 Å². The lowest BCUT2D eigenvalue weighted by molar-refractivity contribution is 0.103. The van der Waals surface area contributed by atoms with Crippen LogP contribution in [0.4, 0.5) is 5.82 Å². The summed E-state index contributed by atoms with van der Waals surface area (Å²) in [6.07, 6.45) is 1.56. The second kappa shape index (κ2) is 7.85. The van der Waals surface area contributed by atoms with Crippen molar-refractivity contribution >= 4 is 23.1 Å². The summed E-state index contributed by atoms with van der Waals surface area (Å²) < 4.78 is 10.6. The van der Waals surface area contributed by atoms with Gasteiger partial charge in [-0.3, -0.25) is 9.89 Å². The van der Waals surface area contributed by atoms with E-state index in [1.807, 2.05) is 35.7 Å². The van der Waals surface area contributed by atoms with E-state index in [9.17, 15) is 4.79 Å². The van der Waals surface area contributed by atoms with Gasteiger partial charge in [0.1, 0.15) is 11.5 Å². The molecule has 3 rings (SSSR count). The number of hydrogen-bond donors (Lipinski definition) is 2. The number of aryl methyl sites for hydroxylation is 2. The second-order valence-electron chi connectivity index (χ2n) is 5.43. The van der Waals surface area contributed by atoms with E-state index in [0.29, 0.717) is 10.7 Å². The Bertz CT molecular complexity index is 821. The highest BCUT2D eigenvalue weighted by atomic mass is 32.1. The van der Waals surface area contributed by atoms with Crippen LogP contribution < -0.4 is 14.8 Å². The van der Waals surface area contributed by atoms with E-state index in [1.165, 1.54) is 11.3 Å². The molecule has 130 valence electrons. The molecule has 0 aliphatic heterocycles. The molecule has 2 aromatic heterocycles. The molecule has 0 radical (unpaired) electrons. The van der Waals surface area contributed by atoms with Gasteiger partial charge in [0.25, 0.3) is 5.91 Å². The maximum Gasteiger partial charge on any atom is 0.266 e. The van der Waals surface area contributed by atoms with Crippen LogP contribution in [0.15, 0.2) is 41.8 Å². The summed E-state index contributed by atoms with van der Waals surface area (Å²) >= 11 is 1.40. The van der Waals surface area contributed by atoms with Crippen molar-refractivity contribution < 1.29 is 14.3 Å². The van der Waals surface area contributed by atoms with Crippen LogP contribution in [0.1, 0.15) is 20.9 Å². The van der Waals surface area contributed by atoms with Crippen LogP contribution >= 0.6 is 11.3 Å². The van der Waals surface area contributed by atoms with Crippen molar-refractivity contribution in [1.82, 2.24) is 10.2 Å². The highest BCUT2D eigenvalue weighted by Gasteiger charge is 2.10. The minimum absolute atomic E-state index is 0.148. The summed E-state index contributed by atoms with van der Waals surface area (Å²) in [6.45, 7) is 0. The van der Waals surface area contributed by atoms with Gasteiger partial charge in [-0.15, -0.1) is 11.3 Å². The zero-order valence-corrected chi connectivity index (χ0v) is 14.9. The number of H-pyrrole nitrogens is 1. The first-order valence-electron chi connectivity index (χ1n) is 7.79. The Morgan fingerprint density at radius 1 is 1.16 bits per heavy atom. The van der Waals surface area contributed by atoms with Gasteiger partial charge < -0.3 is 14.8 Å². The number of nitrogens with zero attached hydrogens (tertiary/aromatic N) is 1. The number of methoxy groups -OCH3 is 2. The van der Waals surface area contributed by atoms with Crippen molar-refractivity contribution in [3.05, 3.63) is 57.9 Å². The molecule has 3 aromatic rings. The Balaban J connectivity index is 1.61. The minimum Gasteiger partial charge on any atom is -0.497 e. The summed E-state index contributed by atoms with van der Waals surface area (Å²) in [6, 6.07) is 11.3. The topological polar surface area (TPSA) is 76.2 Å². The van der Waals surface area contributed by atoms with Gasteiger partial charge in [-0.2, -0.15) is 5.10 Å². The average molecular weight is 357 g/mol. The number of ether oxygens (including phenoxy) is 2. The number of aromatic amines is 1. The van der Waals surface area contributed by atoms with E-state index < -0.39 is 0 Å². The Hall–Kier alpha value is -2.80. The summed E-state index contributed by atoms with van der Waals surface area (Å²) in [5.41, 5.74) is 2.05. The number of nitrogens with one attached hydrogen (secondary N) is 2. The summed E-state index contributed by atoms with van der Waals surface area (Å²) in [7, 11) is 3.27. The lowest BCUT2D eigenvalue weighted by Gasteiger charge is -2.07. The quantitative estimate of drug-likeness (QED) is 0.678. The third-order valence-electron chi connectivity index (χ3n) is 3.71. The molecule has 6 nitrogen and oxygen atoms in total. The van der Waals surface area contributed by atoms with Gasteiger partial charge in [0.15, 0.2) is 5.82 Å². The highest BCUT2D eigenvalue weighted by molar-refractivity contribution is 7.12. The molecule has 0 fully saturated rings. The molecule has 0 atom stereocenters. The molecule has 1 aromatic carbocycles. The number of aromatic nitrogens is 2. The molecule has 0 aliphatic rings. The number of amides is 1. The predicted molar refractivity (Wildman–Crippen MR) is 97.8 cm³/mol. The first kappa shape index (κ1) is 17.0. The predicted octanol–water partition coefficient (Wildman–Crippen LogP) is 3.53. The molecule has 2 heterocycles. The van der Waals surface area contributed by atoms with Crippen LogP contribution in [-0.4, -0.2) is 30.3 Å². The third-order valence-corrected chi connectivity index (χ3v) is 4.58. The fourth-order valence-electron chi connectivity index (χ4n) is 2.43. The van der Waals surface area contributed by atoms with E-state index >= 15 is 0 Å². The SMILES string of the molecule is COc1cc(CCc2cc(NC(=O)c3cccs3)n[nH]2)cc(OC)c1. The van der Waals surface area contributed by atoms with Gasteiger partial charge in [-0.05, 0) is 42.0 Å². The molecule has 0 spiro atoms. The zero-order valence-electron chi connectivity index (χ0n) is 14.0. The van der Waals surface area contributed by atoms with E-state index in [2.05, 4.69) is 15.5 Å². The number of hydrogen-bond acceptors (Lipinski definition) is 5. The lowest BCUT2D eigenvalue weighted by Crippen LogP contribution is -2.10. The van der Waals surface area contributed by atoms with Crippen LogP contribution in [0.25, 0.3) is 0 Å². The minimum atomic E-state index is -0.148. The van der Waals surface area contributed by atoms with Crippen LogP contribution in [0.5, 0.6) is 11.5 Å². The molecule has 0 bridgehead atoms. The molecule has 25 heavy (non-hydrogen) atoms. The third kappa shape index (κ3) is 4.39. The Morgan fingerprint density at radius 2 is 1.92 bits per heavy atom. The molecular formula is C18H19N3O3S. The Kier molecular flexibility index (Phi) is 5.35. The van der Waals surface area contributed by atoms with Gasteiger partial charge in [0.2, 0.25) is 0 Å². The number of thiophene rings is 1. The molecule has 1 amide bonds. The van der Waals surface area contributed by atoms with Gasteiger partial charge in [0, 0.05) is 17.8 Å². The molecule has 0 unspecified atom stereocenters. The van der Waals surface area contributed by atoms with Crippen molar-refractivity contribution in [3.8, 4) is 11.5 Å². The largest absolute Gasteiger partial charge is 0.497 e. The van der Waals surface area contributed by atoms with Crippen LogP contribution in [0.3, 0.4) is 0 Å². The fourth-order valence-corrected chi connectivity index (χ4v) is 3.05. The molecule has 2 N–H and O–H groups in total. The van der Waals surface area contributed by atoms with Crippen molar-refractivity contribution in [3.63, 3.8) is 0 Å². The highest BCUT2D eigenvalue weighted by Crippen LogP contribution is 2.23. The van der Waals surface area contributed by atoms with E-state index in [4.69, 9.17) is 9.47 Å². The number of anilines is 1. The van der Waals surface area contributed by atoms with Crippen molar-refractivity contribution in [2.45, 2.75) is 12.8 Å². The summed E-state index contributed by atoms with van der Waals surface area (Å²) in [5, 5.41) is 11.8. The number of carbonyl (C=O) groups excluding carboxylic acids is 1. The number of benzene rings is 1. The van der Waals surface area contributed by atoms with E-state index in [1.54, 1.807) is 20.3 Å². The molecule has 0 saturated carbocycles.